The van der Waals surface area contributed by atoms with E-state index in [9.17, 15) is 18.0 Å². The molecule has 0 aromatic heterocycles. The van der Waals surface area contributed by atoms with Gasteiger partial charge in [0, 0.05) is 13.1 Å². The Morgan fingerprint density at radius 2 is 1.46 bits per heavy atom. The van der Waals surface area contributed by atoms with Crippen LogP contribution in [0, 0.1) is 26.7 Å². The number of carbonyl (C=O) groups is 2. The van der Waals surface area contributed by atoms with Crippen LogP contribution in [0.1, 0.15) is 43.0 Å². The SMILES string of the molecule is Cc1ccc(S(=O)(=O)N(CC(=O)N(Cc2ccccc2)[C@H](C)C(=O)NCC(C)C)c2ccc(C)cc2C)cc1. The number of sulfonamides is 1. The Hall–Kier alpha value is -3.65. The lowest BCUT2D eigenvalue weighted by molar-refractivity contribution is -0.139. The molecular weight excluding hydrogens is 510 g/mol. The number of amides is 2. The van der Waals surface area contributed by atoms with E-state index in [-0.39, 0.29) is 23.3 Å². The summed E-state index contributed by atoms with van der Waals surface area (Å²) >= 11 is 0. The lowest BCUT2D eigenvalue weighted by atomic mass is 10.1. The van der Waals surface area contributed by atoms with Crippen LogP contribution in [-0.4, -0.2) is 44.3 Å². The zero-order chi connectivity index (χ0) is 28.7. The predicted molar refractivity (Wildman–Crippen MR) is 156 cm³/mol. The molecule has 7 nitrogen and oxygen atoms in total. The van der Waals surface area contributed by atoms with E-state index >= 15 is 0 Å². The van der Waals surface area contributed by atoms with E-state index in [1.54, 1.807) is 37.3 Å². The van der Waals surface area contributed by atoms with Crippen molar-refractivity contribution in [2.24, 2.45) is 5.92 Å². The fourth-order valence-electron chi connectivity index (χ4n) is 4.25. The highest BCUT2D eigenvalue weighted by molar-refractivity contribution is 7.92. The van der Waals surface area contributed by atoms with Crippen LogP contribution in [0.3, 0.4) is 0 Å². The summed E-state index contributed by atoms with van der Waals surface area (Å²) in [6.07, 6.45) is 0. The Bertz CT molecular complexity index is 1390. The molecule has 0 radical (unpaired) electrons. The molecule has 1 N–H and O–H groups in total. The second kappa shape index (κ2) is 12.9. The summed E-state index contributed by atoms with van der Waals surface area (Å²) in [5.74, 6) is -0.506. The summed E-state index contributed by atoms with van der Waals surface area (Å²) in [5.41, 5.74) is 3.91. The molecule has 0 saturated carbocycles. The normalized spacial score (nSPS) is 12.2. The third-order valence-corrected chi connectivity index (χ3v) is 8.33. The van der Waals surface area contributed by atoms with Crippen molar-refractivity contribution in [1.82, 2.24) is 10.2 Å². The van der Waals surface area contributed by atoms with E-state index < -0.39 is 28.5 Å². The molecule has 3 rings (SSSR count). The van der Waals surface area contributed by atoms with Crippen molar-refractivity contribution in [3.05, 3.63) is 95.1 Å². The summed E-state index contributed by atoms with van der Waals surface area (Å²) in [7, 11) is -4.09. The Balaban J connectivity index is 2.03. The van der Waals surface area contributed by atoms with Crippen molar-refractivity contribution in [3.8, 4) is 0 Å². The van der Waals surface area contributed by atoms with Crippen LogP contribution in [0.15, 0.2) is 77.7 Å². The molecule has 0 heterocycles. The average Bonchev–Trinajstić information content (AvgIpc) is 2.89. The first-order chi connectivity index (χ1) is 18.4. The minimum atomic E-state index is -4.09. The first-order valence-corrected chi connectivity index (χ1v) is 14.6. The maximum absolute atomic E-state index is 14.0. The van der Waals surface area contributed by atoms with Gasteiger partial charge in [0.05, 0.1) is 10.6 Å². The molecule has 2 amide bonds. The summed E-state index contributed by atoms with van der Waals surface area (Å²) in [5, 5.41) is 2.90. The molecular formula is C31H39N3O4S. The van der Waals surface area contributed by atoms with Crippen LogP contribution in [0.4, 0.5) is 5.69 Å². The number of nitrogens with zero attached hydrogens (tertiary/aromatic N) is 2. The van der Waals surface area contributed by atoms with E-state index in [4.69, 9.17) is 0 Å². The predicted octanol–water partition coefficient (Wildman–Crippen LogP) is 5.00. The van der Waals surface area contributed by atoms with E-state index in [2.05, 4.69) is 5.32 Å². The summed E-state index contributed by atoms with van der Waals surface area (Å²) in [6.45, 7) is 11.5. The van der Waals surface area contributed by atoms with Crippen LogP contribution in [0.25, 0.3) is 0 Å². The molecule has 0 aliphatic carbocycles. The molecule has 0 spiro atoms. The molecule has 208 valence electrons. The number of hydrogen-bond acceptors (Lipinski definition) is 4. The minimum Gasteiger partial charge on any atom is -0.354 e. The van der Waals surface area contributed by atoms with Gasteiger partial charge in [0.2, 0.25) is 11.8 Å². The average molecular weight is 550 g/mol. The fourth-order valence-corrected chi connectivity index (χ4v) is 5.73. The van der Waals surface area contributed by atoms with Crippen molar-refractivity contribution in [2.45, 2.75) is 59.0 Å². The zero-order valence-electron chi connectivity index (χ0n) is 23.6. The lowest BCUT2D eigenvalue weighted by Crippen LogP contribution is -2.51. The van der Waals surface area contributed by atoms with Gasteiger partial charge in [0.15, 0.2) is 0 Å². The molecule has 0 saturated heterocycles. The molecule has 3 aromatic rings. The number of aryl methyl sites for hydroxylation is 3. The molecule has 3 aromatic carbocycles. The standard InChI is InChI=1S/C31H39N3O4S/c1-22(2)19-32-31(36)26(6)33(20-27-10-8-7-9-11-27)30(35)21-34(29-17-14-24(4)18-25(29)5)39(37,38)28-15-12-23(3)13-16-28/h7-18,22,26H,19-21H2,1-6H3,(H,32,36)/t26-/m1/s1. The van der Waals surface area contributed by atoms with Gasteiger partial charge in [-0.05, 0) is 62.9 Å². The Morgan fingerprint density at radius 3 is 2.05 bits per heavy atom. The van der Waals surface area contributed by atoms with E-state index in [1.165, 1.54) is 4.90 Å². The van der Waals surface area contributed by atoms with E-state index in [0.29, 0.717) is 12.2 Å². The van der Waals surface area contributed by atoms with Gasteiger partial charge in [-0.25, -0.2) is 8.42 Å². The number of benzene rings is 3. The van der Waals surface area contributed by atoms with Gasteiger partial charge in [-0.15, -0.1) is 0 Å². The quantitative estimate of drug-likeness (QED) is 0.365. The second-order valence-corrected chi connectivity index (χ2v) is 12.3. The lowest BCUT2D eigenvalue weighted by Gasteiger charge is -2.32. The van der Waals surface area contributed by atoms with E-state index in [0.717, 1.165) is 26.6 Å². The summed E-state index contributed by atoms with van der Waals surface area (Å²) in [4.78, 5) is 28.6. The van der Waals surface area contributed by atoms with E-state index in [1.807, 2.05) is 77.1 Å². The van der Waals surface area contributed by atoms with Crippen molar-refractivity contribution in [1.29, 1.82) is 0 Å². The third-order valence-electron chi connectivity index (χ3n) is 6.56. The number of carbonyl (C=O) groups excluding carboxylic acids is 2. The van der Waals surface area contributed by atoms with Crippen molar-refractivity contribution >= 4 is 27.5 Å². The number of rotatable bonds is 11. The van der Waals surface area contributed by atoms with Gasteiger partial charge < -0.3 is 10.2 Å². The van der Waals surface area contributed by atoms with Crippen molar-refractivity contribution < 1.29 is 18.0 Å². The molecule has 0 fully saturated rings. The van der Waals surface area contributed by atoms with Gasteiger partial charge in [0.25, 0.3) is 10.0 Å². The number of nitrogens with one attached hydrogen (secondary N) is 1. The molecule has 1 atom stereocenters. The van der Waals surface area contributed by atoms with Crippen molar-refractivity contribution in [3.63, 3.8) is 0 Å². The molecule has 0 bridgehead atoms. The summed E-state index contributed by atoms with van der Waals surface area (Å²) in [6, 6.07) is 20.6. The second-order valence-electron chi connectivity index (χ2n) is 10.4. The monoisotopic (exact) mass is 549 g/mol. The number of anilines is 1. The largest absolute Gasteiger partial charge is 0.354 e. The van der Waals surface area contributed by atoms with Gasteiger partial charge in [-0.3, -0.25) is 13.9 Å². The molecule has 0 unspecified atom stereocenters. The molecule has 0 aliphatic rings. The third kappa shape index (κ3) is 7.69. The first-order valence-electron chi connectivity index (χ1n) is 13.2. The highest BCUT2D eigenvalue weighted by atomic mass is 32.2. The van der Waals surface area contributed by atoms with Gasteiger partial charge in [0.1, 0.15) is 12.6 Å². The highest BCUT2D eigenvalue weighted by Crippen LogP contribution is 2.28. The Morgan fingerprint density at radius 1 is 0.846 bits per heavy atom. The van der Waals surface area contributed by atoms with Gasteiger partial charge in [-0.1, -0.05) is 79.6 Å². The smallest absolute Gasteiger partial charge is 0.264 e. The number of hydrogen-bond donors (Lipinski definition) is 1. The molecule has 8 heteroatoms. The summed E-state index contributed by atoms with van der Waals surface area (Å²) < 4.78 is 29.1. The maximum atomic E-state index is 14.0. The van der Waals surface area contributed by atoms with Crippen LogP contribution in [-0.2, 0) is 26.2 Å². The van der Waals surface area contributed by atoms with Crippen LogP contribution in [0.5, 0.6) is 0 Å². The van der Waals surface area contributed by atoms with Gasteiger partial charge >= 0.3 is 0 Å². The highest BCUT2D eigenvalue weighted by Gasteiger charge is 2.33. The van der Waals surface area contributed by atoms with Crippen LogP contribution >= 0.6 is 0 Å². The topological polar surface area (TPSA) is 86.8 Å². The Kier molecular flexibility index (Phi) is 9.92. The van der Waals surface area contributed by atoms with Crippen LogP contribution in [0.2, 0.25) is 0 Å². The maximum Gasteiger partial charge on any atom is 0.264 e. The Labute approximate surface area is 232 Å². The van der Waals surface area contributed by atoms with Crippen LogP contribution < -0.4 is 9.62 Å². The minimum absolute atomic E-state index is 0.0956. The fraction of sp³-hybridized carbons (Fsp3) is 0.355. The zero-order valence-corrected chi connectivity index (χ0v) is 24.5. The van der Waals surface area contributed by atoms with Gasteiger partial charge in [-0.2, -0.15) is 0 Å². The van der Waals surface area contributed by atoms with Crippen molar-refractivity contribution in [2.75, 3.05) is 17.4 Å². The first kappa shape index (κ1) is 29.9. The molecule has 39 heavy (non-hydrogen) atoms. The molecule has 0 aliphatic heterocycles.